The van der Waals surface area contributed by atoms with Crippen molar-refractivity contribution in [2.24, 2.45) is 11.8 Å². The summed E-state index contributed by atoms with van der Waals surface area (Å²) in [4.78, 5) is 83.6. The molecule has 0 saturated heterocycles. The lowest BCUT2D eigenvalue weighted by Crippen LogP contribution is -2.61. The van der Waals surface area contributed by atoms with E-state index in [4.69, 9.17) is 22.5 Å². The standard InChI is InChI=1S/C41H59ClN8O9/c1-7-18-43-36(53)32(23-51)46-37(54)29(13-11-12-19-50(9-3)10-4)44-40(57)34(24(5)8-2)47-41(58)35(27-15-16-27)48-38(55)30(22-26-14-17-33(52)28(42)21-26)45-39(56)31-20-25(6)59-49-31/h1,14,17,20-21,24,27,29-30,32,34-35,51-52H,8-13,15-16,18-19,22-23H2,2-6H3,(H,43,53)(H,44,57)(H,45,56)(H,46,54)(H,47,58)(H,48,55)/t24-,29-,30-,32-,34+,35-/m0/s1. The molecule has 1 saturated carbocycles. The van der Waals surface area contributed by atoms with E-state index >= 15 is 0 Å². The number of carbonyl (C=O) groups is 6. The lowest BCUT2D eigenvalue weighted by molar-refractivity contribution is -0.136. The maximum absolute atomic E-state index is 14.1. The molecule has 0 bridgehead atoms. The molecule has 6 amide bonds. The number of benzene rings is 1. The summed E-state index contributed by atoms with van der Waals surface area (Å²) in [6.07, 6.45) is 8.36. The molecular weight excluding hydrogens is 784 g/mol. The molecule has 0 radical (unpaired) electrons. The van der Waals surface area contributed by atoms with Gasteiger partial charge in [-0.15, -0.1) is 6.42 Å². The van der Waals surface area contributed by atoms with Gasteiger partial charge in [0.15, 0.2) is 5.69 Å². The van der Waals surface area contributed by atoms with E-state index in [1.54, 1.807) is 19.9 Å². The number of phenols is 1. The number of phenolic OH excluding ortho intramolecular Hbond substituents is 1. The Labute approximate surface area is 350 Å². The Hall–Kier alpha value is -5.18. The predicted octanol–water partition coefficient (Wildman–Crippen LogP) is 1.33. The van der Waals surface area contributed by atoms with Crippen LogP contribution in [0.25, 0.3) is 0 Å². The number of nitrogens with zero attached hydrogens (tertiary/aromatic N) is 2. The minimum atomic E-state index is -1.32. The van der Waals surface area contributed by atoms with E-state index in [0.717, 1.165) is 26.1 Å². The summed E-state index contributed by atoms with van der Waals surface area (Å²) in [6, 6.07) is -0.100. The number of unbranched alkanes of at least 4 members (excludes halogenated alkanes) is 1. The van der Waals surface area contributed by atoms with Crippen molar-refractivity contribution in [3.63, 3.8) is 0 Å². The van der Waals surface area contributed by atoms with Gasteiger partial charge < -0.3 is 51.5 Å². The normalized spacial score (nSPS) is 15.4. The second kappa shape index (κ2) is 24.0. The molecule has 8 N–H and O–H groups in total. The number of halogens is 1. The van der Waals surface area contributed by atoms with Crippen LogP contribution < -0.4 is 31.9 Å². The van der Waals surface area contributed by atoms with Gasteiger partial charge in [-0.1, -0.05) is 62.9 Å². The Morgan fingerprint density at radius 1 is 0.915 bits per heavy atom. The smallest absolute Gasteiger partial charge is 0.274 e. The first-order valence-corrected chi connectivity index (χ1v) is 20.5. The number of aliphatic hydroxyl groups is 1. The molecule has 1 aromatic carbocycles. The van der Waals surface area contributed by atoms with Crippen LogP contribution in [0.1, 0.15) is 88.0 Å². The lowest BCUT2D eigenvalue weighted by atomic mass is 9.96. The highest BCUT2D eigenvalue weighted by atomic mass is 35.5. The summed E-state index contributed by atoms with van der Waals surface area (Å²) in [5.41, 5.74) is 0.452. The van der Waals surface area contributed by atoms with E-state index in [0.29, 0.717) is 37.0 Å². The van der Waals surface area contributed by atoms with Gasteiger partial charge in [0.05, 0.1) is 18.2 Å². The summed E-state index contributed by atoms with van der Waals surface area (Å²) >= 11 is 6.13. The number of aryl methyl sites for hydroxylation is 1. The number of rotatable bonds is 25. The number of aromatic hydroxyl groups is 1. The predicted molar refractivity (Wildman–Crippen MR) is 220 cm³/mol. The topological polar surface area (TPSA) is 244 Å². The average Bonchev–Trinajstić information content (AvgIpc) is 3.97. The van der Waals surface area contributed by atoms with Gasteiger partial charge in [-0.2, -0.15) is 0 Å². The van der Waals surface area contributed by atoms with Crippen molar-refractivity contribution in [2.45, 2.75) is 110 Å². The first-order chi connectivity index (χ1) is 28.1. The fourth-order valence-electron chi connectivity index (χ4n) is 6.34. The highest BCUT2D eigenvalue weighted by molar-refractivity contribution is 6.32. The van der Waals surface area contributed by atoms with Gasteiger partial charge in [0.25, 0.3) is 5.91 Å². The Bertz CT molecular complexity index is 1790. The Morgan fingerprint density at radius 2 is 1.59 bits per heavy atom. The molecule has 18 heteroatoms. The summed E-state index contributed by atoms with van der Waals surface area (Å²) in [5, 5.41) is 39.6. The van der Waals surface area contributed by atoms with Gasteiger partial charge in [-0.25, -0.2) is 0 Å². The molecule has 6 atom stereocenters. The van der Waals surface area contributed by atoms with E-state index in [2.05, 4.69) is 61.7 Å². The number of hydrogen-bond donors (Lipinski definition) is 8. The molecule has 0 spiro atoms. The number of nitrogens with one attached hydrogen (secondary N) is 6. The second-order valence-corrected chi connectivity index (χ2v) is 15.2. The SMILES string of the molecule is C#CCNC(=O)[C@H](CO)NC(=O)[C@H](CCCCN(CC)CC)NC(=O)[C@H](NC(=O)[C@@H](NC(=O)[C@H](Cc1ccc(O)c(Cl)c1)NC(=O)c1cc(C)on1)C1CC1)[C@@H](C)CC. The van der Waals surface area contributed by atoms with Crippen molar-refractivity contribution < 1.29 is 43.5 Å². The molecule has 0 unspecified atom stereocenters. The largest absolute Gasteiger partial charge is 0.506 e. The zero-order valence-corrected chi connectivity index (χ0v) is 35.2. The van der Waals surface area contributed by atoms with E-state index in [1.807, 2.05) is 6.92 Å². The van der Waals surface area contributed by atoms with Crippen LogP contribution in [-0.2, 0) is 30.4 Å². The molecule has 0 aliphatic heterocycles. The first kappa shape index (κ1) is 48.2. The molecule has 324 valence electrons. The number of amides is 6. The van der Waals surface area contributed by atoms with Crippen LogP contribution >= 0.6 is 11.6 Å². The van der Waals surface area contributed by atoms with Crippen LogP contribution in [-0.4, -0.2) is 119 Å². The maximum Gasteiger partial charge on any atom is 0.274 e. The van der Waals surface area contributed by atoms with Gasteiger partial charge in [0.2, 0.25) is 29.5 Å². The van der Waals surface area contributed by atoms with Gasteiger partial charge in [-0.05, 0) is 88.2 Å². The highest BCUT2D eigenvalue weighted by Gasteiger charge is 2.41. The molecule has 2 aromatic rings. The Balaban J connectivity index is 1.82. The number of aliphatic hydroxyl groups excluding tert-OH is 1. The van der Waals surface area contributed by atoms with Gasteiger partial charge in [0, 0.05) is 12.5 Å². The van der Waals surface area contributed by atoms with Crippen LogP contribution in [0.3, 0.4) is 0 Å². The van der Waals surface area contributed by atoms with Crippen LogP contribution in [0, 0.1) is 31.1 Å². The molecule has 1 heterocycles. The maximum atomic E-state index is 14.1. The van der Waals surface area contributed by atoms with E-state index in [-0.39, 0.29) is 41.8 Å². The van der Waals surface area contributed by atoms with E-state index in [9.17, 15) is 39.0 Å². The first-order valence-electron chi connectivity index (χ1n) is 20.1. The molecule has 1 aromatic heterocycles. The van der Waals surface area contributed by atoms with Crippen molar-refractivity contribution in [3.8, 4) is 18.1 Å². The summed E-state index contributed by atoms with van der Waals surface area (Å²) in [7, 11) is 0. The van der Waals surface area contributed by atoms with Crippen molar-refractivity contribution in [3.05, 3.63) is 46.3 Å². The molecular formula is C41H59ClN8O9. The van der Waals surface area contributed by atoms with Crippen LogP contribution in [0.15, 0.2) is 28.8 Å². The fraction of sp³-hybridized carbons (Fsp3) is 0.585. The third kappa shape index (κ3) is 15.2. The van der Waals surface area contributed by atoms with Crippen LogP contribution in [0.2, 0.25) is 5.02 Å². The Morgan fingerprint density at radius 3 is 2.17 bits per heavy atom. The minimum absolute atomic E-state index is 0.0443. The third-order valence-electron chi connectivity index (χ3n) is 10.3. The van der Waals surface area contributed by atoms with Gasteiger partial charge in [0.1, 0.15) is 41.7 Å². The number of terminal acetylenes is 1. The minimum Gasteiger partial charge on any atom is -0.506 e. The molecule has 3 rings (SSSR count). The number of hydrogen-bond acceptors (Lipinski definition) is 11. The number of carbonyl (C=O) groups excluding carboxylic acids is 6. The quantitative estimate of drug-likeness (QED) is 0.0524. The van der Waals surface area contributed by atoms with Crippen molar-refractivity contribution in [2.75, 3.05) is 32.8 Å². The summed E-state index contributed by atoms with van der Waals surface area (Å²) in [5.74, 6) is -2.24. The van der Waals surface area contributed by atoms with E-state index in [1.165, 1.54) is 18.2 Å². The average molecular weight is 843 g/mol. The van der Waals surface area contributed by atoms with Crippen molar-refractivity contribution in [1.29, 1.82) is 0 Å². The molecule has 1 aliphatic carbocycles. The fourth-order valence-corrected chi connectivity index (χ4v) is 6.54. The summed E-state index contributed by atoms with van der Waals surface area (Å²) in [6.45, 7) is 11.0. The van der Waals surface area contributed by atoms with Gasteiger partial charge >= 0.3 is 0 Å². The molecule has 1 aliphatic rings. The zero-order chi connectivity index (χ0) is 43.6. The lowest BCUT2D eigenvalue weighted by Gasteiger charge is -2.29. The molecule has 59 heavy (non-hydrogen) atoms. The second-order valence-electron chi connectivity index (χ2n) is 14.8. The summed E-state index contributed by atoms with van der Waals surface area (Å²) < 4.78 is 5.02. The third-order valence-corrected chi connectivity index (χ3v) is 10.6. The van der Waals surface area contributed by atoms with E-state index < -0.39 is 78.2 Å². The molecule has 1 fully saturated rings. The molecule has 17 nitrogen and oxygen atoms in total. The van der Waals surface area contributed by atoms with Gasteiger partial charge in [-0.3, -0.25) is 28.8 Å². The van der Waals surface area contributed by atoms with Crippen LogP contribution in [0.5, 0.6) is 5.75 Å². The monoisotopic (exact) mass is 842 g/mol. The van der Waals surface area contributed by atoms with Crippen molar-refractivity contribution in [1.82, 2.24) is 42.0 Å². The highest BCUT2D eigenvalue weighted by Crippen LogP contribution is 2.33. The van der Waals surface area contributed by atoms with Crippen molar-refractivity contribution >= 4 is 47.0 Å². The Kier molecular flexibility index (Phi) is 19.6. The zero-order valence-electron chi connectivity index (χ0n) is 34.4. The van der Waals surface area contributed by atoms with Crippen LogP contribution in [0.4, 0.5) is 0 Å². The number of aromatic nitrogens is 1.